The van der Waals surface area contributed by atoms with E-state index in [4.69, 9.17) is 4.42 Å². The summed E-state index contributed by atoms with van der Waals surface area (Å²) in [5.41, 5.74) is 17.6. The summed E-state index contributed by atoms with van der Waals surface area (Å²) in [5.74, 6) is 0. The number of aryl methyl sites for hydroxylation is 1. The van der Waals surface area contributed by atoms with E-state index in [1.165, 1.54) is 116 Å². The number of para-hydroxylation sites is 2. The fraction of sp³-hybridized carbons (Fsp3) is 0.164. The van der Waals surface area contributed by atoms with Crippen LogP contribution >= 0.6 is 11.3 Å². The number of rotatable bonds is 3. The van der Waals surface area contributed by atoms with Crippen molar-refractivity contribution >= 4 is 116 Å². The largest absolute Gasteiger partial charge is 0.456 e. The summed E-state index contributed by atoms with van der Waals surface area (Å²) >= 11 is 1.91. The number of thiophene rings is 1. The number of furan rings is 1. The summed E-state index contributed by atoms with van der Waals surface area (Å²) in [6.45, 7) is 12.0. The molecule has 13 rings (SSSR count). The van der Waals surface area contributed by atoms with Gasteiger partial charge in [-0.2, -0.15) is 0 Å². The van der Waals surface area contributed by atoms with Crippen molar-refractivity contribution in [3.8, 4) is 16.8 Å². The molecule has 0 spiro atoms. The Morgan fingerprint density at radius 3 is 2.17 bits per heavy atom. The lowest BCUT2D eigenvalue weighted by Gasteiger charge is -2.42. The van der Waals surface area contributed by atoms with Gasteiger partial charge in [0.25, 0.3) is 0 Å². The minimum Gasteiger partial charge on any atom is -0.456 e. The molecule has 0 bridgehead atoms. The molecular weight excluding hydrogens is 747 g/mol. The normalized spacial score (nSPS) is 15.3. The topological polar surface area (TPSA) is 30.1 Å². The summed E-state index contributed by atoms with van der Waals surface area (Å²) in [4.78, 5) is 0. The first-order valence-electron chi connectivity index (χ1n) is 21.4. The summed E-state index contributed by atoms with van der Waals surface area (Å²) in [6, 6.07) is 50.1. The van der Waals surface area contributed by atoms with Gasteiger partial charge in [0.15, 0.2) is 7.28 Å². The van der Waals surface area contributed by atoms with Crippen molar-refractivity contribution in [3.63, 3.8) is 0 Å². The lowest BCUT2D eigenvalue weighted by molar-refractivity contribution is 0.332. The van der Waals surface area contributed by atoms with Crippen LogP contribution in [0.4, 0.5) is 11.4 Å². The summed E-state index contributed by atoms with van der Waals surface area (Å²) in [5, 5.41) is 14.2. The van der Waals surface area contributed by atoms with Gasteiger partial charge >= 0.3 is 0 Å². The standard InChI is InChI=1S/C55H43BN2OS/c1-30-25-38-39(55(4,5)24-23-54(38,2)3)29-42(30)57-41-21-22-45-49(34-15-8-10-19-44(34)59-45)48(41)37-28-47-50(35-16-9-11-20-46(35)60-47)53-51(37)56-40-18-12-17-33-36-26-31-13-6-7-14-32(31)27-43(36)58(53)52(33)40/h6-22,25-29,56-57H,23-24H2,1-5H3. The van der Waals surface area contributed by atoms with Crippen LogP contribution in [0.15, 0.2) is 138 Å². The molecule has 0 radical (unpaired) electrons. The average Bonchev–Trinajstić information content (AvgIpc) is 3.92. The van der Waals surface area contributed by atoms with E-state index < -0.39 is 0 Å². The van der Waals surface area contributed by atoms with Gasteiger partial charge in [-0.25, -0.2) is 0 Å². The minimum absolute atomic E-state index is 0.0946. The Balaban J connectivity index is 1.17. The summed E-state index contributed by atoms with van der Waals surface area (Å²) < 4.78 is 11.9. The smallest absolute Gasteiger partial charge is 0.198 e. The molecule has 1 aliphatic carbocycles. The fourth-order valence-corrected chi connectivity index (χ4v) is 12.3. The minimum atomic E-state index is 0.0946. The van der Waals surface area contributed by atoms with Crippen LogP contribution in [-0.2, 0) is 10.8 Å². The van der Waals surface area contributed by atoms with Crippen molar-refractivity contribution in [2.75, 3.05) is 5.32 Å². The Labute approximate surface area is 353 Å². The first-order valence-corrected chi connectivity index (χ1v) is 22.2. The molecular formula is C55H43BN2OS. The first-order chi connectivity index (χ1) is 29.1. The highest BCUT2D eigenvalue weighted by atomic mass is 32.1. The molecule has 60 heavy (non-hydrogen) atoms. The zero-order valence-corrected chi connectivity index (χ0v) is 35.4. The molecule has 8 aromatic carbocycles. The lowest BCUT2D eigenvalue weighted by Crippen LogP contribution is -2.37. The van der Waals surface area contributed by atoms with Gasteiger partial charge < -0.3 is 14.3 Å². The van der Waals surface area contributed by atoms with Crippen molar-refractivity contribution in [2.45, 2.75) is 58.3 Å². The van der Waals surface area contributed by atoms with Gasteiger partial charge in [0.05, 0.1) is 11.2 Å². The molecule has 2 aliphatic rings. The van der Waals surface area contributed by atoms with E-state index in [1.54, 1.807) is 0 Å². The van der Waals surface area contributed by atoms with Crippen LogP contribution in [0.2, 0.25) is 0 Å². The predicted molar refractivity (Wildman–Crippen MR) is 260 cm³/mol. The van der Waals surface area contributed by atoms with E-state index in [2.05, 4.69) is 178 Å². The number of anilines is 2. The summed E-state index contributed by atoms with van der Waals surface area (Å²) in [6.07, 6.45) is 2.37. The third-order valence-electron chi connectivity index (χ3n) is 14.4. The molecule has 0 unspecified atom stereocenters. The molecule has 1 aliphatic heterocycles. The number of aromatic nitrogens is 1. The molecule has 11 aromatic rings. The molecule has 0 saturated carbocycles. The van der Waals surface area contributed by atoms with Gasteiger partial charge in [-0.15, -0.1) is 11.3 Å². The van der Waals surface area contributed by atoms with Gasteiger partial charge in [-0.3, -0.25) is 0 Å². The predicted octanol–water partition coefficient (Wildman–Crippen LogP) is 14.0. The number of hydrogen-bond donors (Lipinski definition) is 1. The molecule has 4 heterocycles. The molecule has 5 heteroatoms. The first kappa shape index (κ1) is 34.6. The third kappa shape index (κ3) is 4.67. The second-order valence-corrected chi connectivity index (χ2v) is 19.9. The van der Waals surface area contributed by atoms with Crippen LogP contribution in [0.3, 0.4) is 0 Å². The lowest BCUT2D eigenvalue weighted by atomic mass is 9.58. The van der Waals surface area contributed by atoms with Gasteiger partial charge in [0.2, 0.25) is 0 Å². The van der Waals surface area contributed by atoms with Gasteiger partial charge in [-0.1, -0.05) is 118 Å². The van der Waals surface area contributed by atoms with Crippen LogP contribution in [-0.4, -0.2) is 11.8 Å². The van der Waals surface area contributed by atoms with E-state index >= 15 is 0 Å². The van der Waals surface area contributed by atoms with Gasteiger partial charge in [0, 0.05) is 64.2 Å². The number of hydrogen-bond acceptors (Lipinski definition) is 3. The van der Waals surface area contributed by atoms with Crippen molar-refractivity contribution in [1.29, 1.82) is 0 Å². The molecule has 3 nitrogen and oxygen atoms in total. The van der Waals surface area contributed by atoms with Crippen LogP contribution in [0.25, 0.3) is 91.5 Å². The highest BCUT2D eigenvalue weighted by Gasteiger charge is 2.38. The molecule has 0 atom stereocenters. The second kappa shape index (κ2) is 11.9. The number of fused-ring (bicyclic) bond motifs is 14. The molecule has 0 saturated heterocycles. The van der Waals surface area contributed by atoms with E-state index in [9.17, 15) is 0 Å². The van der Waals surface area contributed by atoms with Crippen molar-refractivity contribution in [2.24, 2.45) is 0 Å². The van der Waals surface area contributed by atoms with E-state index in [0.717, 1.165) is 34.9 Å². The number of nitrogens with one attached hydrogen (secondary N) is 1. The Morgan fingerprint density at radius 2 is 1.33 bits per heavy atom. The maximum atomic E-state index is 6.71. The summed E-state index contributed by atoms with van der Waals surface area (Å²) in [7, 11) is 0.824. The molecule has 288 valence electrons. The average molecular weight is 791 g/mol. The maximum absolute atomic E-state index is 6.71. The molecule has 0 fully saturated rings. The van der Waals surface area contributed by atoms with Crippen molar-refractivity contribution < 1.29 is 4.42 Å². The van der Waals surface area contributed by atoms with E-state index in [0.29, 0.717) is 0 Å². The van der Waals surface area contributed by atoms with Gasteiger partial charge in [-0.05, 0) is 118 Å². The van der Waals surface area contributed by atoms with Gasteiger partial charge in [0.1, 0.15) is 11.2 Å². The number of benzene rings is 8. The van der Waals surface area contributed by atoms with Crippen molar-refractivity contribution in [1.82, 2.24) is 4.57 Å². The zero-order chi connectivity index (χ0) is 40.2. The van der Waals surface area contributed by atoms with Crippen LogP contribution < -0.4 is 16.2 Å². The second-order valence-electron chi connectivity index (χ2n) is 18.8. The highest BCUT2D eigenvalue weighted by Crippen LogP contribution is 2.50. The molecule has 0 amide bonds. The maximum Gasteiger partial charge on any atom is 0.198 e. The fourth-order valence-electron chi connectivity index (χ4n) is 11.1. The Hall–Kier alpha value is -6.30. The Bertz CT molecular complexity index is 3690. The third-order valence-corrected chi connectivity index (χ3v) is 15.5. The molecule has 3 aromatic heterocycles. The van der Waals surface area contributed by atoms with Crippen LogP contribution in [0.1, 0.15) is 57.2 Å². The Morgan fingerprint density at radius 1 is 0.617 bits per heavy atom. The molecule has 1 N–H and O–H groups in total. The van der Waals surface area contributed by atoms with E-state index in [1.807, 2.05) is 11.3 Å². The number of nitrogens with zero attached hydrogens (tertiary/aromatic N) is 1. The quantitative estimate of drug-likeness (QED) is 0.181. The Kier molecular flexibility index (Phi) is 6.87. The van der Waals surface area contributed by atoms with Crippen molar-refractivity contribution in [3.05, 3.63) is 150 Å². The zero-order valence-electron chi connectivity index (χ0n) is 34.6. The highest BCUT2D eigenvalue weighted by molar-refractivity contribution is 7.26. The monoisotopic (exact) mass is 790 g/mol. The van der Waals surface area contributed by atoms with Crippen LogP contribution in [0.5, 0.6) is 0 Å². The SMILES string of the molecule is Cc1cc2c(cc1Nc1ccc3oc4ccccc4c3c1-c1cc3sc4ccccc4c3c3c1Bc1cccc4c5cc6ccccc6cc5n-3c14)C(C)(C)CCC2(C)C. The van der Waals surface area contributed by atoms with Crippen LogP contribution in [0, 0.1) is 6.92 Å². The van der Waals surface area contributed by atoms with E-state index in [-0.39, 0.29) is 10.8 Å².